The van der Waals surface area contributed by atoms with Gasteiger partial charge in [0.1, 0.15) is 12.1 Å². The fourth-order valence-corrected chi connectivity index (χ4v) is 1.70. The summed E-state index contributed by atoms with van der Waals surface area (Å²) in [4.78, 5) is 8.10. The number of nitrogens with zero attached hydrogens (tertiary/aromatic N) is 2. The Morgan fingerprint density at radius 1 is 1.10 bits per heavy atom. The molecule has 1 aromatic carbocycles. The van der Waals surface area contributed by atoms with E-state index in [1.807, 2.05) is 45.9 Å². The number of benzene rings is 1. The maximum atomic E-state index is 5.99. The average Bonchev–Trinajstić information content (AvgIpc) is 2.39. The number of rotatable bonds is 4. The Hall–Kier alpha value is -2.30. The largest absolute Gasteiger partial charge is 0.473 e. The first-order valence-electron chi connectivity index (χ1n) is 6.50. The van der Waals surface area contributed by atoms with Crippen molar-refractivity contribution in [1.82, 2.24) is 9.97 Å². The normalized spacial score (nSPS) is 10.7. The van der Waals surface area contributed by atoms with Crippen LogP contribution in [0.25, 0.3) is 0 Å². The number of nitrogens with two attached hydrogens (primary N) is 1. The quantitative estimate of drug-likeness (QED) is 0.925. The molecule has 5 heteroatoms. The molecule has 5 nitrogen and oxygen atoms in total. The zero-order valence-electron chi connectivity index (χ0n) is 12.2. The van der Waals surface area contributed by atoms with Crippen molar-refractivity contribution >= 4 is 5.69 Å². The van der Waals surface area contributed by atoms with Gasteiger partial charge in [-0.15, -0.1) is 0 Å². The second kappa shape index (κ2) is 5.77. The predicted octanol–water partition coefficient (Wildman–Crippen LogP) is 3.26. The summed E-state index contributed by atoms with van der Waals surface area (Å²) in [5.74, 6) is 1.38. The van der Waals surface area contributed by atoms with Gasteiger partial charge < -0.3 is 15.2 Å². The van der Waals surface area contributed by atoms with E-state index in [4.69, 9.17) is 15.2 Å². The van der Waals surface area contributed by atoms with Crippen LogP contribution in [-0.4, -0.2) is 16.1 Å². The van der Waals surface area contributed by atoms with Crippen LogP contribution in [0.2, 0.25) is 0 Å². The molecule has 0 radical (unpaired) electrons. The van der Waals surface area contributed by atoms with Crippen molar-refractivity contribution in [1.29, 1.82) is 0 Å². The summed E-state index contributed by atoms with van der Waals surface area (Å²) in [5.41, 5.74) is 8.50. The van der Waals surface area contributed by atoms with Gasteiger partial charge in [0.2, 0.25) is 11.8 Å². The summed E-state index contributed by atoms with van der Waals surface area (Å²) in [6.45, 7) is 7.84. The first-order valence-corrected chi connectivity index (χ1v) is 6.50. The third-order valence-electron chi connectivity index (χ3n) is 2.92. The molecular formula is C15H19N3O2. The molecule has 20 heavy (non-hydrogen) atoms. The molecule has 1 heterocycles. The van der Waals surface area contributed by atoms with E-state index >= 15 is 0 Å². The second-order valence-electron chi connectivity index (χ2n) is 4.86. The smallest absolute Gasteiger partial charge is 0.249 e. The molecule has 0 fully saturated rings. The van der Waals surface area contributed by atoms with Gasteiger partial charge in [0, 0.05) is 0 Å². The van der Waals surface area contributed by atoms with E-state index in [1.165, 1.54) is 6.33 Å². The highest BCUT2D eigenvalue weighted by atomic mass is 16.5. The van der Waals surface area contributed by atoms with Crippen molar-refractivity contribution in [3.8, 4) is 17.5 Å². The Bertz CT molecular complexity index is 612. The molecule has 0 saturated carbocycles. The molecule has 2 aromatic rings. The van der Waals surface area contributed by atoms with E-state index in [2.05, 4.69) is 9.97 Å². The Morgan fingerprint density at radius 2 is 1.80 bits per heavy atom. The zero-order valence-corrected chi connectivity index (χ0v) is 12.2. The van der Waals surface area contributed by atoms with E-state index in [0.717, 1.165) is 16.9 Å². The van der Waals surface area contributed by atoms with Gasteiger partial charge in [0.25, 0.3) is 0 Å². The topological polar surface area (TPSA) is 70.3 Å². The van der Waals surface area contributed by atoms with Crippen molar-refractivity contribution < 1.29 is 9.47 Å². The van der Waals surface area contributed by atoms with E-state index < -0.39 is 0 Å². The monoisotopic (exact) mass is 273 g/mol. The van der Waals surface area contributed by atoms with Crippen LogP contribution in [0.15, 0.2) is 24.5 Å². The minimum Gasteiger partial charge on any atom is -0.473 e. The minimum absolute atomic E-state index is 0.0132. The van der Waals surface area contributed by atoms with Gasteiger partial charge in [0.15, 0.2) is 5.69 Å². The van der Waals surface area contributed by atoms with E-state index in [0.29, 0.717) is 17.4 Å². The number of hydrogen-bond acceptors (Lipinski definition) is 5. The lowest BCUT2D eigenvalue weighted by Gasteiger charge is -2.14. The lowest BCUT2D eigenvalue weighted by atomic mass is 10.1. The van der Waals surface area contributed by atoms with E-state index in [-0.39, 0.29) is 6.10 Å². The van der Waals surface area contributed by atoms with Gasteiger partial charge >= 0.3 is 0 Å². The van der Waals surface area contributed by atoms with Crippen molar-refractivity contribution in [3.05, 3.63) is 35.7 Å². The molecule has 0 saturated heterocycles. The molecule has 106 valence electrons. The molecule has 2 N–H and O–H groups in total. The van der Waals surface area contributed by atoms with Crippen molar-refractivity contribution in [2.24, 2.45) is 0 Å². The Morgan fingerprint density at radius 3 is 2.50 bits per heavy atom. The molecule has 0 bridgehead atoms. The Balaban J connectivity index is 2.32. The number of ether oxygens (including phenoxy) is 2. The van der Waals surface area contributed by atoms with Crippen LogP contribution in [0.5, 0.6) is 17.5 Å². The van der Waals surface area contributed by atoms with Gasteiger partial charge in [-0.3, -0.25) is 0 Å². The number of nitrogen functional groups attached to an aromatic ring is 1. The summed E-state index contributed by atoms with van der Waals surface area (Å²) in [6.07, 6.45) is 1.37. The van der Waals surface area contributed by atoms with Crippen molar-refractivity contribution in [2.75, 3.05) is 5.73 Å². The average molecular weight is 273 g/mol. The van der Waals surface area contributed by atoms with Crippen molar-refractivity contribution in [2.45, 2.75) is 33.8 Å². The first-order chi connectivity index (χ1) is 9.49. The van der Waals surface area contributed by atoms with Gasteiger partial charge in [-0.25, -0.2) is 0 Å². The number of aryl methyl sites for hydroxylation is 1. The summed E-state index contributed by atoms with van der Waals surface area (Å²) in [5, 5.41) is 0. The second-order valence-corrected chi connectivity index (χ2v) is 4.86. The lowest BCUT2D eigenvalue weighted by Crippen LogP contribution is -2.10. The number of aromatic nitrogens is 2. The summed E-state index contributed by atoms with van der Waals surface area (Å²) >= 11 is 0. The molecule has 0 amide bonds. The third-order valence-corrected chi connectivity index (χ3v) is 2.92. The van der Waals surface area contributed by atoms with Crippen LogP contribution in [0.1, 0.15) is 25.0 Å². The molecular weight excluding hydrogens is 254 g/mol. The fourth-order valence-electron chi connectivity index (χ4n) is 1.70. The molecule has 2 rings (SSSR count). The Kier molecular flexibility index (Phi) is 4.08. The maximum Gasteiger partial charge on any atom is 0.249 e. The van der Waals surface area contributed by atoms with Crippen LogP contribution in [0.3, 0.4) is 0 Å². The predicted molar refractivity (Wildman–Crippen MR) is 78.2 cm³/mol. The van der Waals surface area contributed by atoms with E-state index in [9.17, 15) is 0 Å². The highest BCUT2D eigenvalue weighted by Gasteiger charge is 2.13. The molecule has 0 spiro atoms. The fraction of sp³-hybridized carbons (Fsp3) is 0.333. The third kappa shape index (κ3) is 2.99. The summed E-state index contributed by atoms with van der Waals surface area (Å²) in [7, 11) is 0. The maximum absolute atomic E-state index is 5.99. The molecule has 1 aromatic heterocycles. The highest BCUT2D eigenvalue weighted by molar-refractivity contribution is 5.57. The van der Waals surface area contributed by atoms with Gasteiger partial charge in [-0.1, -0.05) is 12.1 Å². The highest BCUT2D eigenvalue weighted by Crippen LogP contribution is 2.33. The van der Waals surface area contributed by atoms with Crippen LogP contribution in [-0.2, 0) is 0 Å². The van der Waals surface area contributed by atoms with Crippen LogP contribution >= 0.6 is 0 Å². The molecule has 0 atom stereocenters. The van der Waals surface area contributed by atoms with Gasteiger partial charge in [-0.2, -0.15) is 9.97 Å². The van der Waals surface area contributed by atoms with Gasteiger partial charge in [0.05, 0.1) is 6.10 Å². The molecule has 0 aliphatic heterocycles. The molecule has 0 unspecified atom stereocenters. The van der Waals surface area contributed by atoms with Crippen LogP contribution in [0, 0.1) is 13.8 Å². The van der Waals surface area contributed by atoms with Gasteiger partial charge in [-0.05, 0) is 44.9 Å². The zero-order chi connectivity index (χ0) is 14.7. The number of anilines is 1. The molecule has 0 aliphatic carbocycles. The minimum atomic E-state index is -0.0132. The summed E-state index contributed by atoms with van der Waals surface area (Å²) < 4.78 is 11.3. The first kappa shape index (κ1) is 14.1. The molecule has 0 aliphatic rings. The van der Waals surface area contributed by atoms with Crippen LogP contribution < -0.4 is 15.2 Å². The SMILES string of the molecule is Cc1cccc(Oc2ncnc(OC(C)C)c2N)c1C. The van der Waals surface area contributed by atoms with E-state index in [1.54, 1.807) is 0 Å². The van der Waals surface area contributed by atoms with Crippen LogP contribution in [0.4, 0.5) is 5.69 Å². The standard InChI is InChI=1S/C15H19N3O2/c1-9(2)19-14-13(16)15(18-8-17-14)20-12-7-5-6-10(3)11(12)4/h5-9H,16H2,1-4H3. The van der Waals surface area contributed by atoms with Crippen molar-refractivity contribution in [3.63, 3.8) is 0 Å². The lowest BCUT2D eigenvalue weighted by molar-refractivity contribution is 0.232. The summed E-state index contributed by atoms with van der Waals surface area (Å²) in [6, 6.07) is 5.84. The number of hydrogen-bond donors (Lipinski definition) is 1. The Labute approximate surface area is 118 Å².